The number of hydrogen-bond donors (Lipinski definition) is 2. The maximum atomic E-state index is 13.7. The first kappa shape index (κ1) is 17.9. The van der Waals surface area contributed by atoms with Crippen molar-refractivity contribution in [2.75, 3.05) is 36.4 Å². The van der Waals surface area contributed by atoms with Crippen molar-refractivity contribution in [3.8, 4) is 0 Å². The number of aryl methyl sites for hydroxylation is 1. The highest BCUT2D eigenvalue weighted by atomic mass is 19.3. The highest BCUT2D eigenvalue weighted by molar-refractivity contribution is 5.72. The molecule has 142 valence electrons. The summed E-state index contributed by atoms with van der Waals surface area (Å²) in [6.45, 7) is 3.75. The maximum Gasteiger partial charge on any atom is 0.266 e. The molecule has 0 radical (unpaired) electrons. The van der Waals surface area contributed by atoms with Crippen LogP contribution in [0.5, 0.6) is 0 Å². The minimum Gasteiger partial charge on any atom is -0.350 e. The van der Waals surface area contributed by atoms with Crippen LogP contribution in [0.1, 0.15) is 24.0 Å². The smallest absolute Gasteiger partial charge is 0.266 e. The predicted molar refractivity (Wildman–Crippen MR) is 104 cm³/mol. The average molecular weight is 371 g/mol. The van der Waals surface area contributed by atoms with E-state index in [1.165, 1.54) is 5.57 Å². The third-order valence-electron chi connectivity index (χ3n) is 4.91. The monoisotopic (exact) mass is 371 g/mol. The lowest BCUT2D eigenvalue weighted by atomic mass is 10.0. The zero-order chi connectivity index (χ0) is 18.9. The van der Waals surface area contributed by atoms with Gasteiger partial charge in [0.15, 0.2) is 0 Å². The number of pyridine rings is 2. The Morgan fingerprint density at radius 3 is 2.81 bits per heavy atom. The number of nitrogens with one attached hydrogen (secondary N) is 2. The van der Waals surface area contributed by atoms with Crippen LogP contribution in [0.3, 0.4) is 0 Å². The molecule has 1 fully saturated rings. The van der Waals surface area contributed by atoms with Crippen molar-refractivity contribution in [3.63, 3.8) is 0 Å². The second kappa shape index (κ2) is 7.23. The summed E-state index contributed by atoms with van der Waals surface area (Å²) in [6.07, 6.45) is 4.66. The molecular weight excluding hydrogens is 348 g/mol. The first-order chi connectivity index (χ1) is 13.0. The summed E-state index contributed by atoms with van der Waals surface area (Å²) in [6, 6.07) is 7.75. The molecule has 0 bridgehead atoms. The minimum atomic E-state index is -2.66. The van der Waals surface area contributed by atoms with E-state index in [0.717, 1.165) is 30.6 Å². The van der Waals surface area contributed by atoms with Crippen LogP contribution in [0.25, 0.3) is 5.57 Å². The van der Waals surface area contributed by atoms with Crippen LogP contribution in [0.2, 0.25) is 0 Å². The van der Waals surface area contributed by atoms with Gasteiger partial charge in [-0.15, -0.1) is 0 Å². The molecule has 2 aliphatic rings. The van der Waals surface area contributed by atoms with Gasteiger partial charge in [0.2, 0.25) is 0 Å². The van der Waals surface area contributed by atoms with E-state index in [0.29, 0.717) is 24.0 Å². The third kappa shape index (κ3) is 4.24. The molecule has 1 saturated heterocycles. The number of aromatic nitrogens is 2. The lowest BCUT2D eigenvalue weighted by Gasteiger charge is -2.21. The van der Waals surface area contributed by atoms with Crippen LogP contribution in [0.15, 0.2) is 36.5 Å². The van der Waals surface area contributed by atoms with Crippen LogP contribution in [0.4, 0.5) is 26.2 Å². The Kier molecular flexibility index (Phi) is 4.78. The Morgan fingerprint density at radius 2 is 2.11 bits per heavy atom. The van der Waals surface area contributed by atoms with Gasteiger partial charge in [0.25, 0.3) is 5.92 Å². The Morgan fingerprint density at radius 1 is 1.22 bits per heavy atom. The standard InChI is InChI=1S/C20H23F2N5/c1-14-2-8-24-17(10-14)25-18-11-16(15-3-6-23-7-4-15)12-19(26-18)27-9-5-20(21,22)13-27/h2-3,8,10-12,23H,4-7,9,13H2,1H3,(H,24,25,26). The fourth-order valence-corrected chi connectivity index (χ4v) is 3.48. The maximum absolute atomic E-state index is 13.7. The zero-order valence-corrected chi connectivity index (χ0v) is 15.3. The molecule has 4 rings (SSSR count). The first-order valence-electron chi connectivity index (χ1n) is 9.23. The van der Waals surface area contributed by atoms with Gasteiger partial charge in [-0.1, -0.05) is 6.08 Å². The third-order valence-corrected chi connectivity index (χ3v) is 4.91. The van der Waals surface area contributed by atoms with E-state index in [4.69, 9.17) is 0 Å². The minimum absolute atomic E-state index is 0.131. The van der Waals surface area contributed by atoms with Crippen molar-refractivity contribution in [2.45, 2.75) is 25.7 Å². The number of anilines is 3. The van der Waals surface area contributed by atoms with Gasteiger partial charge in [-0.25, -0.2) is 18.7 Å². The van der Waals surface area contributed by atoms with Crippen LogP contribution in [-0.2, 0) is 0 Å². The van der Waals surface area contributed by atoms with Crippen LogP contribution < -0.4 is 15.5 Å². The van der Waals surface area contributed by atoms with Gasteiger partial charge in [0.1, 0.15) is 17.5 Å². The van der Waals surface area contributed by atoms with E-state index < -0.39 is 5.92 Å². The number of alkyl halides is 2. The highest BCUT2D eigenvalue weighted by Crippen LogP contribution is 2.33. The van der Waals surface area contributed by atoms with Crippen molar-refractivity contribution in [1.82, 2.24) is 15.3 Å². The molecular formula is C20H23F2N5. The van der Waals surface area contributed by atoms with Gasteiger partial charge in [-0.2, -0.15) is 0 Å². The molecule has 0 spiro atoms. The molecule has 0 unspecified atom stereocenters. The molecule has 4 heterocycles. The van der Waals surface area contributed by atoms with Crippen molar-refractivity contribution < 1.29 is 8.78 Å². The molecule has 7 heteroatoms. The number of hydrogen-bond acceptors (Lipinski definition) is 5. The van der Waals surface area contributed by atoms with E-state index in [-0.39, 0.29) is 13.0 Å². The predicted octanol–water partition coefficient (Wildman–Crippen LogP) is 3.75. The summed E-state index contributed by atoms with van der Waals surface area (Å²) >= 11 is 0. The molecule has 2 aromatic rings. The quantitative estimate of drug-likeness (QED) is 0.857. The second-order valence-electron chi connectivity index (χ2n) is 7.15. The van der Waals surface area contributed by atoms with E-state index in [1.807, 2.05) is 31.2 Å². The molecule has 2 aromatic heterocycles. The number of halogens is 2. The molecule has 0 atom stereocenters. The van der Waals surface area contributed by atoms with E-state index >= 15 is 0 Å². The van der Waals surface area contributed by atoms with Crippen molar-refractivity contribution in [3.05, 3.63) is 47.7 Å². The lowest BCUT2D eigenvalue weighted by Crippen LogP contribution is -2.26. The molecule has 0 aromatic carbocycles. The molecule has 0 saturated carbocycles. The van der Waals surface area contributed by atoms with Gasteiger partial charge in [-0.05, 0) is 60.9 Å². The summed E-state index contributed by atoms with van der Waals surface area (Å²) in [5, 5.41) is 6.53. The van der Waals surface area contributed by atoms with Crippen molar-refractivity contribution >= 4 is 23.0 Å². The highest BCUT2D eigenvalue weighted by Gasteiger charge is 2.39. The number of nitrogens with zero attached hydrogens (tertiary/aromatic N) is 3. The van der Waals surface area contributed by atoms with E-state index in [2.05, 4.69) is 26.7 Å². The van der Waals surface area contributed by atoms with E-state index in [9.17, 15) is 8.78 Å². The van der Waals surface area contributed by atoms with Gasteiger partial charge in [0.05, 0.1) is 6.54 Å². The Balaban J connectivity index is 1.69. The Labute approximate surface area is 157 Å². The van der Waals surface area contributed by atoms with Crippen LogP contribution in [-0.4, -0.2) is 42.1 Å². The number of rotatable bonds is 4. The zero-order valence-electron chi connectivity index (χ0n) is 15.3. The Hall–Kier alpha value is -2.54. The summed E-state index contributed by atoms with van der Waals surface area (Å²) in [4.78, 5) is 10.6. The first-order valence-corrected chi connectivity index (χ1v) is 9.23. The molecule has 0 amide bonds. The van der Waals surface area contributed by atoms with Gasteiger partial charge in [-0.3, -0.25) is 0 Å². The fraction of sp³-hybridized carbons (Fsp3) is 0.400. The topological polar surface area (TPSA) is 53.1 Å². The molecule has 2 N–H and O–H groups in total. The Bertz CT molecular complexity index is 865. The van der Waals surface area contributed by atoms with Crippen LogP contribution >= 0.6 is 0 Å². The molecule has 5 nitrogen and oxygen atoms in total. The van der Waals surface area contributed by atoms with E-state index in [1.54, 1.807) is 11.1 Å². The summed E-state index contributed by atoms with van der Waals surface area (Å²) in [7, 11) is 0. The molecule has 0 aliphatic carbocycles. The summed E-state index contributed by atoms with van der Waals surface area (Å²) in [5.74, 6) is -0.761. The van der Waals surface area contributed by atoms with Gasteiger partial charge in [0, 0.05) is 25.7 Å². The second-order valence-corrected chi connectivity index (χ2v) is 7.15. The van der Waals surface area contributed by atoms with Crippen molar-refractivity contribution in [2.24, 2.45) is 0 Å². The summed E-state index contributed by atoms with van der Waals surface area (Å²) < 4.78 is 27.4. The van der Waals surface area contributed by atoms with Crippen LogP contribution in [0, 0.1) is 6.92 Å². The summed E-state index contributed by atoms with van der Waals surface area (Å²) in [5.41, 5.74) is 3.32. The largest absolute Gasteiger partial charge is 0.350 e. The van der Waals surface area contributed by atoms with Gasteiger partial charge < -0.3 is 15.5 Å². The normalized spacial score (nSPS) is 19.1. The average Bonchev–Trinajstić information content (AvgIpc) is 3.02. The van der Waals surface area contributed by atoms with Crippen molar-refractivity contribution in [1.29, 1.82) is 0 Å². The lowest BCUT2D eigenvalue weighted by molar-refractivity contribution is 0.0256. The fourth-order valence-electron chi connectivity index (χ4n) is 3.48. The van der Waals surface area contributed by atoms with Gasteiger partial charge >= 0.3 is 0 Å². The SMILES string of the molecule is Cc1ccnc(Nc2cc(C3=CCNCC3)cc(N3CCC(F)(F)C3)n2)c1. The molecule has 27 heavy (non-hydrogen) atoms. The molecule has 2 aliphatic heterocycles.